The molecule has 0 bridgehead atoms. The van der Waals surface area contributed by atoms with Crippen molar-refractivity contribution in [1.82, 2.24) is 4.98 Å². The summed E-state index contributed by atoms with van der Waals surface area (Å²) in [6.45, 7) is 26.9. The van der Waals surface area contributed by atoms with Gasteiger partial charge in [0.2, 0.25) is 0 Å². The van der Waals surface area contributed by atoms with Crippen LogP contribution in [0.25, 0.3) is 0 Å². The molecule has 2 aromatic rings. The van der Waals surface area contributed by atoms with Crippen molar-refractivity contribution < 1.29 is 9.84 Å². The van der Waals surface area contributed by atoms with Crippen LogP contribution in [0.15, 0.2) is 24.3 Å². The lowest BCUT2D eigenvalue weighted by atomic mass is 9.70. The molecule has 0 radical (unpaired) electrons. The van der Waals surface area contributed by atoms with Gasteiger partial charge in [-0.05, 0) is 72.5 Å². The van der Waals surface area contributed by atoms with Crippen molar-refractivity contribution in [2.24, 2.45) is 11.3 Å². The summed E-state index contributed by atoms with van der Waals surface area (Å²) in [6.07, 6.45) is 6.54. The summed E-state index contributed by atoms with van der Waals surface area (Å²) in [5, 5.41) is 11.5. The monoisotopic (exact) mass is 549 g/mol. The molecular formula is C37H59NO2. The highest BCUT2D eigenvalue weighted by Crippen LogP contribution is 2.56. The minimum absolute atomic E-state index is 0.0433. The maximum absolute atomic E-state index is 11.5. The first kappa shape index (κ1) is 32.8. The van der Waals surface area contributed by atoms with Gasteiger partial charge in [0.15, 0.2) is 0 Å². The van der Waals surface area contributed by atoms with Gasteiger partial charge in [-0.1, -0.05) is 113 Å². The van der Waals surface area contributed by atoms with Crippen molar-refractivity contribution in [3.8, 4) is 0 Å². The molecule has 4 rings (SSSR count). The number of aromatic nitrogens is 1. The van der Waals surface area contributed by atoms with Crippen LogP contribution in [0, 0.1) is 11.3 Å². The van der Waals surface area contributed by atoms with Crippen LogP contribution in [0.5, 0.6) is 0 Å². The zero-order valence-corrected chi connectivity index (χ0v) is 27.9. The molecule has 0 saturated carbocycles. The van der Waals surface area contributed by atoms with E-state index < -0.39 is 11.7 Å². The standard InChI is InChI=1S/C32H47NO2.C5H12/c1-10-13-20(11-2)28-26-27(25-23(33-28)18-31(7,8)19-24(25)34)32(9,12-3)35-29(26)21-14-16-22(17-15-21)30(4,5)6;1-4-5(2)3/h14-17,20,24,29,34H,10-13,18-19H2,1-9H3;5H,4H2,1-3H3. The molecule has 1 aliphatic heterocycles. The average molecular weight is 550 g/mol. The second-order valence-corrected chi connectivity index (χ2v) is 14.9. The van der Waals surface area contributed by atoms with Gasteiger partial charge in [0.05, 0.1) is 17.4 Å². The molecule has 40 heavy (non-hydrogen) atoms. The molecule has 4 atom stereocenters. The van der Waals surface area contributed by atoms with Crippen molar-refractivity contribution in [3.63, 3.8) is 0 Å². The highest BCUT2D eigenvalue weighted by Gasteiger charge is 2.49. The second kappa shape index (κ2) is 12.7. The van der Waals surface area contributed by atoms with Crippen LogP contribution < -0.4 is 0 Å². The number of rotatable bonds is 7. The highest BCUT2D eigenvalue weighted by atomic mass is 16.5. The smallest absolute Gasteiger partial charge is 0.111 e. The van der Waals surface area contributed by atoms with Gasteiger partial charge in [0, 0.05) is 22.7 Å². The number of pyridine rings is 1. The molecule has 0 amide bonds. The fourth-order valence-electron chi connectivity index (χ4n) is 6.39. The van der Waals surface area contributed by atoms with Crippen molar-refractivity contribution in [2.45, 2.75) is 157 Å². The van der Waals surface area contributed by atoms with Gasteiger partial charge < -0.3 is 9.84 Å². The van der Waals surface area contributed by atoms with Gasteiger partial charge >= 0.3 is 0 Å². The minimum atomic E-state index is -0.494. The molecule has 2 heterocycles. The molecule has 0 fully saturated rings. The second-order valence-electron chi connectivity index (χ2n) is 14.9. The molecule has 3 nitrogen and oxygen atoms in total. The number of benzene rings is 1. The predicted molar refractivity (Wildman–Crippen MR) is 170 cm³/mol. The molecule has 2 aliphatic rings. The van der Waals surface area contributed by atoms with Gasteiger partial charge in [0.1, 0.15) is 6.10 Å². The van der Waals surface area contributed by atoms with E-state index in [1.807, 2.05) is 0 Å². The van der Waals surface area contributed by atoms with Gasteiger partial charge in [-0.3, -0.25) is 4.98 Å². The third kappa shape index (κ3) is 6.84. The predicted octanol–water partition coefficient (Wildman–Crippen LogP) is 10.5. The van der Waals surface area contributed by atoms with Crippen LogP contribution in [0.4, 0.5) is 0 Å². The normalized spacial score (nSPS) is 24.2. The Morgan fingerprint density at radius 2 is 1.57 bits per heavy atom. The molecule has 0 saturated heterocycles. The van der Waals surface area contributed by atoms with Crippen molar-refractivity contribution in [3.05, 3.63) is 63.5 Å². The topological polar surface area (TPSA) is 42.4 Å². The quantitative estimate of drug-likeness (QED) is 0.373. The molecule has 1 aliphatic carbocycles. The Kier molecular flexibility index (Phi) is 10.4. The molecular weight excluding hydrogens is 490 g/mol. The third-order valence-corrected chi connectivity index (χ3v) is 9.36. The Morgan fingerprint density at radius 3 is 2.05 bits per heavy atom. The number of fused-ring (bicyclic) bond motifs is 3. The van der Waals surface area contributed by atoms with Gasteiger partial charge in [-0.15, -0.1) is 0 Å². The molecule has 1 aromatic heterocycles. The number of nitrogens with zero attached hydrogens (tertiary/aromatic N) is 1. The van der Waals surface area contributed by atoms with E-state index in [9.17, 15) is 5.11 Å². The summed E-state index contributed by atoms with van der Waals surface area (Å²) < 4.78 is 7.01. The van der Waals surface area contributed by atoms with Crippen LogP contribution in [0.2, 0.25) is 0 Å². The minimum Gasteiger partial charge on any atom is -0.388 e. The SMILES string of the molecule is CCC(C)C.CCCC(CC)c1nc2c(c3c1C(c1ccc(C(C)(C)C)cc1)OC3(C)CC)C(O)CC(C)(C)C2. The van der Waals surface area contributed by atoms with E-state index in [1.54, 1.807) is 0 Å². The fourth-order valence-corrected chi connectivity index (χ4v) is 6.39. The Morgan fingerprint density at radius 1 is 0.975 bits per heavy atom. The fraction of sp³-hybridized carbons (Fsp3) is 0.703. The number of aliphatic hydroxyl groups is 1. The lowest BCUT2D eigenvalue weighted by Crippen LogP contribution is -2.31. The summed E-state index contributed by atoms with van der Waals surface area (Å²) in [5.41, 5.74) is 8.11. The molecule has 3 heteroatoms. The van der Waals surface area contributed by atoms with Crippen LogP contribution >= 0.6 is 0 Å². The van der Waals surface area contributed by atoms with E-state index in [2.05, 4.69) is 107 Å². The molecule has 4 unspecified atom stereocenters. The lowest BCUT2D eigenvalue weighted by Gasteiger charge is -2.38. The summed E-state index contributed by atoms with van der Waals surface area (Å²) >= 11 is 0. The van der Waals surface area contributed by atoms with E-state index in [-0.39, 0.29) is 16.9 Å². The summed E-state index contributed by atoms with van der Waals surface area (Å²) in [4.78, 5) is 5.41. The summed E-state index contributed by atoms with van der Waals surface area (Å²) in [6, 6.07) is 9.01. The maximum atomic E-state index is 11.5. The first-order valence-electron chi connectivity index (χ1n) is 16.2. The number of hydrogen-bond donors (Lipinski definition) is 1. The van der Waals surface area contributed by atoms with E-state index in [4.69, 9.17) is 9.72 Å². The number of aliphatic hydroxyl groups excluding tert-OH is 1. The number of hydrogen-bond acceptors (Lipinski definition) is 3. The van der Waals surface area contributed by atoms with Crippen LogP contribution in [0.1, 0.15) is 179 Å². The summed E-state index contributed by atoms with van der Waals surface area (Å²) in [5.74, 6) is 1.29. The van der Waals surface area contributed by atoms with Gasteiger partial charge in [0.25, 0.3) is 0 Å². The molecule has 1 N–H and O–H groups in total. The van der Waals surface area contributed by atoms with Gasteiger partial charge in [-0.25, -0.2) is 0 Å². The Bertz CT molecular complexity index is 1120. The molecule has 0 spiro atoms. The Hall–Kier alpha value is -1.71. The van der Waals surface area contributed by atoms with Crippen molar-refractivity contribution >= 4 is 0 Å². The zero-order chi connectivity index (χ0) is 30.0. The van der Waals surface area contributed by atoms with E-state index in [0.717, 1.165) is 55.7 Å². The van der Waals surface area contributed by atoms with E-state index in [1.165, 1.54) is 34.4 Å². The zero-order valence-electron chi connectivity index (χ0n) is 27.9. The van der Waals surface area contributed by atoms with Crippen LogP contribution in [-0.2, 0) is 22.2 Å². The highest BCUT2D eigenvalue weighted by molar-refractivity contribution is 5.54. The van der Waals surface area contributed by atoms with Gasteiger partial charge in [-0.2, -0.15) is 0 Å². The van der Waals surface area contributed by atoms with Crippen LogP contribution in [0.3, 0.4) is 0 Å². The summed E-state index contributed by atoms with van der Waals surface area (Å²) in [7, 11) is 0. The lowest BCUT2D eigenvalue weighted by molar-refractivity contribution is -0.0521. The largest absolute Gasteiger partial charge is 0.388 e. The van der Waals surface area contributed by atoms with E-state index in [0.29, 0.717) is 5.92 Å². The van der Waals surface area contributed by atoms with Crippen molar-refractivity contribution in [1.29, 1.82) is 0 Å². The first-order valence-corrected chi connectivity index (χ1v) is 16.2. The average Bonchev–Trinajstić information content (AvgIpc) is 3.19. The maximum Gasteiger partial charge on any atom is 0.111 e. The molecule has 224 valence electrons. The van der Waals surface area contributed by atoms with E-state index >= 15 is 0 Å². The number of ether oxygens (including phenoxy) is 1. The first-order chi connectivity index (χ1) is 18.6. The third-order valence-electron chi connectivity index (χ3n) is 9.36. The Balaban J connectivity index is 0.000000810. The Labute approximate surface area is 246 Å². The van der Waals surface area contributed by atoms with Crippen molar-refractivity contribution in [2.75, 3.05) is 0 Å². The molecule has 1 aromatic carbocycles. The van der Waals surface area contributed by atoms with Crippen LogP contribution in [-0.4, -0.2) is 10.1 Å².